The van der Waals surface area contributed by atoms with Gasteiger partial charge in [0.25, 0.3) is 0 Å². The quantitative estimate of drug-likeness (QED) is 0.670. The Hall–Kier alpha value is -2.45. The number of benzene rings is 3. The van der Waals surface area contributed by atoms with Crippen molar-refractivity contribution in [2.24, 2.45) is 0 Å². The fourth-order valence-corrected chi connectivity index (χ4v) is 3.12. The lowest BCUT2D eigenvalue weighted by Gasteiger charge is -2.13. The number of methoxy groups -OCH3 is 1. The summed E-state index contributed by atoms with van der Waals surface area (Å²) in [5.74, 6) is 0.961. The lowest BCUT2D eigenvalue weighted by molar-refractivity contribution is 0.416. The van der Waals surface area contributed by atoms with E-state index in [-0.39, 0.29) is 5.75 Å². The van der Waals surface area contributed by atoms with Crippen LogP contribution in [0.4, 0.5) is 0 Å². The summed E-state index contributed by atoms with van der Waals surface area (Å²) in [6.45, 7) is 2.01. The Morgan fingerprint density at radius 3 is 2.39 bits per heavy atom. The fourth-order valence-electron chi connectivity index (χ4n) is 2.79. The lowest BCUT2D eigenvalue weighted by Crippen LogP contribution is -1.89. The first-order chi connectivity index (χ1) is 11.1. The van der Waals surface area contributed by atoms with E-state index in [0.717, 1.165) is 33.6 Å². The first kappa shape index (κ1) is 15.4. The van der Waals surface area contributed by atoms with Crippen molar-refractivity contribution in [3.05, 3.63) is 71.2 Å². The molecule has 1 N–H and O–H groups in total. The minimum absolute atomic E-state index is 0.197. The Morgan fingerprint density at radius 1 is 0.913 bits per heavy atom. The van der Waals surface area contributed by atoms with E-state index in [0.29, 0.717) is 5.02 Å². The molecule has 23 heavy (non-hydrogen) atoms. The molecule has 3 aromatic rings. The summed E-state index contributed by atoms with van der Waals surface area (Å²) in [5.41, 5.74) is 4.69. The van der Waals surface area contributed by atoms with Gasteiger partial charge in [0.2, 0.25) is 0 Å². The third-order valence-electron chi connectivity index (χ3n) is 3.85. The van der Waals surface area contributed by atoms with Crippen LogP contribution in [0.15, 0.2) is 60.7 Å². The molecule has 0 heterocycles. The predicted octanol–water partition coefficient (Wildman–Crippen LogP) is 5.70. The largest absolute Gasteiger partial charge is 0.508 e. The van der Waals surface area contributed by atoms with Crippen LogP contribution in [0.25, 0.3) is 22.3 Å². The van der Waals surface area contributed by atoms with Gasteiger partial charge >= 0.3 is 0 Å². The molecular formula is C20H17ClO2. The number of phenols is 1. The highest BCUT2D eigenvalue weighted by Gasteiger charge is 2.12. The van der Waals surface area contributed by atoms with Crippen molar-refractivity contribution in [2.45, 2.75) is 6.92 Å². The highest BCUT2D eigenvalue weighted by molar-refractivity contribution is 6.33. The van der Waals surface area contributed by atoms with Crippen LogP contribution in [0, 0.1) is 6.92 Å². The van der Waals surface area contributed by atoms with Gasteiger partial charge in [0.15, 0.2) is 0 Å². The van der Waals surface area contributed by atoms with Gasteiger partial charge in [-0.3, -0.25) is 0 Å². The number of rotatable bonds is 3. The van der Waals surface area contributed by atoms with Crippen molar-refractivity contribution in [1.82, 2.24) is 0 Å². The fraction of sp³-hybridized carbons (Fsp3) is 0.100. The molecule has 3 aromatic carbocycles. The zero-order valence-corrected chi connectivity index (χ0v) is 13.8. The van der Waals surface area contributed by atoms with Crippen molar-refractivity contribution < 1.29 is 9.84 Å². The molecule has 0 amide bonds. The summed E-state index contributed by atoms with van der Waals surface area (Å²) in [5, 5.41) is 10.8. The molecule has 0 bridgehead atoms. The molecule has 3 rings (SSSR count). The standard InChI is InChI=1S/C20H17ClO2/c1-13-6-5-8-18(21)20(13)15-10-14(11-16(22)12-15)17-7-3-4-9-19(17)23-2/h3-12,22H,1-2H3. The molecule has 0 aliphatic rings. The van der Waals surface area contributed by atoms with Crippen molar-refractivity contribution in [3.8, 4) is 33.8 Å². The maximum Gasteiger partial charge on any atom is 0.126 e. The zero-order valence-electron chi connectivity index (χ0n) is 13.0. The molecule has 0 unspecified atom stereocenters. The van der Waals surface area contributed by atoms with Gasteiger partial charge in [-0.2, -0.15) is 0 Å². The van der Waals surface area contributed by atoms with Gasteiger partial charge < -0.3 is 9.84 Å². The Bertz CT molecular complexity index is 836. The Kier molecular flexibility index (Phi) is 4.26. The molecule has 0 saturated carbocycles. The van der Waals surface area contributed by atoms with E-state index in [1.807, 2.05) is 55.5 Å². The highest BCUT2D eigenvalue weighted by atomic mass is 35.5. The number of hydrogen-bond donors (Lipinski definition) is 1. The third kappa shape index (κ3) is 3.03. The Balaban J connectivity index is 2.21. The van der Waals surface area contributed by atoms with Crippen molar-refractivity contribution in [1.29, 1.82) is 0 Å². The molecule has 0 aromatic heterocycles. The maximum absolute atomic E-state index is 10.2. The number of aromatic hydroxyl groups is 1. The number of para-hydroxylation sites is 1. The normalized spacial score (nSPS) is 10.6. The van der Waals surface area contributed by atoms with Crippen LogP contribution in [-0.4, -0.2) is 12.2 Å². The number of phenolic OH excluding ortho intramolecular Hbond substituents is 1. The Morgan fingerprint density at radius 2 is 1.65 bits per heavy atom. The minimum atomic E-state index is 0.197. The van der Waals surface area contributed by atoms with Crippen molar-refractivity contribution in [2.75, 3.05) is 7.11 Å². The number of hydrogen-bond acceptors (Lipinski definition) is 2. The number of aryl methyl sites for hydroxylation is 1. The molecule has 0 aliphatic heterocycles. The molecule has 0 spiro atoms. The maximum atomic E-state index is 10.2. The number of halogens is 1. The summed E-state index contributed by atoms with van der Waals surface area (Å²) in [6, 6.07) is 19.0. The van der Waals surface area contributed by atoms with Gasteiger partial charge in [0.1, 0.15) is 11.5 Å². The van der Waals surface area contributed by atoms with E-state index in [2.05, 4.69) is 0 Å². The van der Waals surface area contributed by atoms with E-state index >= 15 is 0 Å². The first-order valence-corrected chi connectivity index (χ1v) is 7.71. The van der Waals surface area contributed by atoms with Crippen molar-refractivity contribution >= 4 is 11.6 Å². The first-order valence-electron chi connectivity index (χ1n) is 7.33. The van der Waals surface area contributed by atoms with Crippen LogP contribution in [0.3, 0.4) is 0 Å². The SMILES string of the molecule is COc1ccccc1-c1cc(O)cc(-c2c(C)cccc2Cl)c1. The molecule has 3 heteroatoms. The topological polar surface area (TPSA) is 29.5 Å². The third-order valence-corrected chi connectivity index (χ3v) is 4.16. The second kappa shape index (κ2) is 6.35. The van der Waals surface area contributed by atoms with E-state index in [4.69, 9.17) is 16.3 Å². The second-order valence-corrected chi connectivity index (χ2v) is 5.81. The molecule has 0 atom stereocenters. The molecule has 2 nitrogen and oxygen atoms in total. The molecular weight excluding hydrogens is 308 g/mol. The molecule has 0 aliphatic carbocycles. The smallest absolute Gasteiger partial charge is 0.126 e. The van der Waals surface area contributed by atoms with Gasteiger partial charge in [-0.25, -0.2) is 0 Å². The van der Waals surface area contributed by atoms with Crippen LogP contribution in [0.2, 0.25) is 5.02 Å². The average molecular weight is 325 g/mol. The van der Waals surface area contributed by atoms with Gasteiger partial charge in [-0.15, -0.1) is 0 Å². The summed E-state index contributed by atoms with van der Waals surface area (Å²) in [6.07, 6.45) is 0. The average Bonchev–Trinajstić information content (AvgIpc) is 2.54. The van der Waals surface area contributed by atoms with Gasteiger partial charge in [-0.05, 0) is 53.9 Å². The summed E-state index contributed by atoms with van der Waals surface area (Å²) in [7, 11) is 1.64. The van der Waals surface area contributed by atoms with Crippen molar-refractivity contribution in [3.63, 3.8) is 0 Å². The zero-order chi connectivity index (χ0) is 16.4. The van der Waals surface area contributed by atoms with Gasteiger partial charge in [-0.1, -0.05) is 41.9 Å². The van der Waals surface area contributed by atoms with Gasteiger partial charge in [0.05, 0.1) is 7.11 Å². The minimum Gasteiger partial charge on any atom is -0.508 e. The van der Waals surface area contributed by atoms with Crippen LogP contribution in [0.5, 0.6) is 11.5 Å². The molecule has 0 saturated heterocycles. The van der Waals surface area contributed by atoms with E-state index in [9.17, 15) is 5.11 Å². The summed E-state index contributed by atoms with van der Waals surface area (Å²) < 4.78 is 5.42. The van der Waals surface area contributed by atoms with Crippen LogP contribution in [0.1, 0.15) is 5.56 Å². The van der Waals surface area contributed by atoms with Crippen LogP contribution in [-0.2, 0) is 0 Å². The molecule has 116 valence electrons. The Labute approximate surface area is 140 Å². The monoisotopic (exact) mass is 324 g/mol. The summed E-state index contributed by atoms with van der Waals surface area (Å²) >= 11 is 6.37. The van der Waals surface area contributed by atoms with E-state index < -0.39 is 0 Å². The van der Waals surface area contributed by atoms with Gasteiger partial charge in [0, 0.05) is 16.1 Å². The lowest BCUT2D eigenvalue weighted by atomic mass is 9.95. The highest BCUT2D eigenvalue weighted by Crippen LogP contribution is 2.38. The van der Waals surface area contributed by atoms with E-state index in [1.54, 1.807) is 19.2 Å². The van der Waals surface area contributed by atoms with Crippen LogP contribution < -0.4 is 4.74 Å². The predicted molar refractivity (Wildman–Crippen MR) is 95.3 cm³/mol. The molecule has 0 radical (unpaired) electrons. The number of ether oxygens (including phenoxy) is 1. The summed E-state index contributed by atoms with van der Waals surface area (Å²) in [4.78, 5) is 0. The molecule has 0 fully saturated rings. The van der Waals surface area contributed by atoms with Crippen LogP contribution >= 0.6 is 11.6 Å². The van der Waals surface area contributed by atoms with E-state index in [1.165, 1.54) is 0 Å². The second-order valence-electron chi connectivity index (χ2n) is 5.40.